The highest BCUT2D eigenvalue weighted by Crippen LogP contribution is 2.28. The zero-order chi connectivity index (χ0) is 11.6. The molecule has 0 aliphatic rings. The molecular weight excluding hydrogens is 294 g/mol. The Bertz CT molecular complexity index is 321. The third kappa shape index (κ3) is 4.07. The molecule has 1 rings (SSSR count). The molecule has 1 heterocycles. The third-order valence-corrected chi connectivity index (χ3v) is 5.35. The topological polar surface area (TPSA) is 35.1 Å². The average molecular weight is 310 g/mol. The molecule has 5 heteroatoms. The van der Waals surface area contributed by atoms with Crippen LogP contribution in [-0.2, 0) is 11.4 Å². The van der Waals surface area contributed by atoms with Crippen molar-refractivity contribution in [2.24, 2.45) is 0 Å². The maximum Gasteiger partial charge on any atom is 0.136 e. The Labute approximate surface area is 107 Å². The minimum absolute atomic E-state index is 0.126. The number of hydrogen-bond acceptors (Lipinski definition) is 3. The SMILES string of the molecule is CC(N[S@+]([O-])C(C)(C)C)c1ccc(Br)s1. The standard InChI is InChI=1S/C10H16BrNOS2/c1-7(8-5-6-9(11)14-8)12-15(13)10(2,3)4/h5-7,12H,1-4H3/t7?,15-/m1/s1. The molecule has 0 aliphatic heterocycles. The molecule has 86 valence electrons. The molecule has 0 radical (unpaired) electrons. The molecule has 0 saturated heterocycles. The van der Waals surface area contributed by atoms with Crippen LogP contribution >= 0.6 is 27.3 Å². The van der Waals surface area contributed by atoms with Gasteiger partial charge in [-0.15, -0.1) is 16.1 Å². The first kappa shape index (κ1) is 13.5. The molecule has 0 aliphatic carbocycles. The van der Waals surface area contributed by atoms with Crippen molar-refractivity contribution in [3.8, 4) is 0 Å². The van der Waals surface area contributed by atoms with Gasteiger partial charge in [0, 0.05) is 16.2 Å². The van der Waals surface area contributed by atoms with Crippen LogP contribution in [0.25, 0.3) is 0 Å². The van der Waals surface area contributed by atoms with Crippen LogP contribution in [0.3, 0.4) is 0 Å². The van der Waals surface area contributed by atoms with Crippen molar-refractivity contribution >= 4 is 38.6 Å². The molecular formula is C10H16BrNOS2. The molecule has 0 amide bonds. The van der Waals surface area contributed by atoms with Gasteiger partial charge < -0.3 is 4.55 Å². The summed E-state index contributed by atoms with van der Waals surface area (Å²) in [5.41, 5.74) is 0. The molecule has 0 aromatic carbocycles. The number of halogens is 1. The Hall–Kier alpha value is 0.450. The Morgan fingerprint density at radius 3 is 2.47 bits per heavy atom. The van der Waals surface area contributed by atoms with E-state index in [1.54, 1.807) is 11.3 Å². The van der Waals surface area contributed by atoms with Crippen molar-refractivity contribution in [3.05, 3.63) is 20.8 Å². The number of nitrogens with one attached hydrogen (secondary N) is 1. The van der Waals surface area contributed by atoms with Gasteiger partial charge in [-0.1, -0.05) is 0 Å². The van der Waals surface area contributed by atoms with Gasteiger partial charge in [-0.25, -0.2) is 0 Å². The zero-order valence-corrected chi connectivity index (χ0v) is 12.6. The summed E-state index contributed by atoms with van der Waals surface area (Å²) in [5, 5.41) is 0. The lowest BCUT2D eigenvalue weighted by Crippen LogP contribution is -2.40. The van der Waals surface area contributed by atoms with Crippen LogP contribution in [0.2, 0.25) is 0 Å². The molecule has 2 atom stereocenters. The van der Waals surface area contributed by atoms with Gasteiger partial charge in [-0.05, 0) is 55.8 Å². The molecule has 15 heavy (non-hydrogen) atoms. The smallest absolute Gasteiger partial charge is 0.136 e. The molecule has 0 fully saturated rings. The van der Waals surface area contributed by atoms with Gasteiger partial charge in [0.25, 0.3) is 0 Å². The monoisotopic (exact) mass is 309 g/mol. The maximum atomic E-state index is 11.8. The minimum Gasteiger partial charge on any atom is -0.598 e. The van der Waals surface area contributed by atoms with Crippen LogP contribution in [0.4, 0.5) is 0 Å². The van der Waals surface area contributed by atoms with E-state index in [9.17, 15) is 4.55 Å². The zero-order valence-electron chi connectivity index (χ0n) is 9.33. The van der Waals surface area contributed by atoms with E-state index in [0.29, 0.717) is 0 Å². The average Bonchev–Trinajstić information content (AvgIpc) is 2.50. The summed E-state index contributed by atoms with van der Waals surface area (Å²) in [5.74, 6) is 0. The summed E-state index contributed by atoms with van der Waals surface area (Å²) in [6.45, 7) is 7.93. The molecule has 2 nitrogen and oxygen atoms in total. The number of hydrogen-bond donors (Lipinski definition) is 1. The fourth-order valence-corrected chi connectivity index (χ4v) is 3.26. The Morgan fingerprint density at radius 1 is 1.47 bits per heavy atom. The maximum absolute atomic E-state index is 11.8. The summed E-state index contributed by atoms with van der Waals surface area (Å²) in [6.07, 6.45) is 0. The Kier molecular flexibility index (Phi) is 4.67. The third-order valence-electron chi connectivity index (χ3n) is 1.86. The molecule has 1 unspecified atom stereocenters. The second-order valence-electron chi connectivity index (χ2n) is 4.36. The van der Waals surface area contributed by atoms with Crippen molar-refractivity contribution in [2.75, 3.05) is 0 Å². The molecule has 1 N–H and O–H groups in total. The quantitative estimate of drug-likeness (QED) is 0.865. The predicted octanol–water partition coefficient (Wildman–Crippen LogP) is 3.62. The summed E-state index contributed by atoms with van der Waals surface area (Å²) < 4.78 is 15.8. The molecule has 1 aromatic heterocycles. The van der Waals surface area contributed by atoms with Crippen LogP contribution < -0.4 is 4.72 Å². The van der Waals surface area contributed by atoms with E-state index in [-0.39, 0.29) is 10.8 Å². The number of thiophene rings is 1. The van der Waals surface area contributed by atoms with Gasteiger partial charge in [0.15, 0.2) is 0 Å². The minimum atomic E-state index is -1.02. The van der Waals surface area contributed by atoms with Crippen molar-refractivity contribution in [1.82, 2.24) is 4.72 Å². The summed E-state index contributed by atoms with van der Waals surface area (Å²) in [4.78, 5) is 1.19. The summed E-state index contributed by atoms with van der Waals surface area (Å²) in [6, 6.07) is 4.19. The van der Waals surface area contributed by atoms with Crippen molar-refractivity contribution in [2.45, 2.75) is 38.5 Å². The van der Waals surface area contributed by atoms with E-state index in [1.807, 2.05) is 39.8 Å². The highest BCUT2D eigenvalue weighted by Gasteiger charge is 2.28. The normalized spacial score (nSPS) is 16.4. The Morgan fingerprint density at radius 2 is 2.07 bits per heavy atom. The fraction of sp³-hybridized carbons (Fsp3) is 0.600. The lowest BCUT2D eigenvalue weighted by Gasteiger charge is -2.26. The summed E-state index contributed by atoms with van der Waals surface area (Å²) >= 11 is 4.07. The van der Waals surface area contributed by atoms with E-state index in [0.717, 1.165) is 3.79 Å². The van der Waals surface area contributed by atoms with Gasteiger partial charge >= 0.3 is 0 Å². The summed E-state index contributed by atoms with van der Waals surface area (Å²) in [7, 11) is 0. The molecule has 0 bridgehead atoms. The molecule has 0 saturated carbocycles. The van der Waals surface area contributed by atoms with Crippen molar-refractivity contribution in [1.29, 1.82) is 0 Å². The first-order chi connectivity index (χ1) is 6.80. The van der Waals surface area contributed by atoms with Gasteiger partial charge in [0.1, 0.15) is 4.75 Å². The lowest BCUT2D eigenvalue weighted by atomic mass is 10.3. The van der Waals surface area contributed by atoms with Gasteiger partial charge in [-0.2, -0.15) is 0 Å². The van der Waals surface area contributed by atoms with Crippen LogP contribution in [0, 0.1) is 0 Å². The van der Waals surface area contributed by atoms with E-state index < -0.39 is 11.4 Å². The second kappa shape index (κ2) is 5.19. The highest BCUT2D eigenvalue weighted by atomic mass is 79.9. The van der Waals surface area contributed by atoms with Crippen LogP contribution in [0.15, 0.2) is 15.9 Å². The first-order valence-corrected chi connectivity index (χ1v) is 7.50. The van der Waals surface area contributed by atoms with Gasteiger partial charge in [-0.3, -0.25) is 0 Å². The molecule has 0 spiro atoms. The highest BCUT2D eigenvalue weighted by molar-refractivity contribution is 9.11. The van der Waals surface area contributed by atoms with E-state index in [1.165, 1.54) is 4.88 Å². The van der Waals surface area contributed by atoms with Crippen molar-refractivity contribution < 1.29 is 4.55 Å². The van der Waals surface area contributed by atoms with E-state index in [2.05, 4.69) is 20.7 Å². The van der Waals surface area contributed by atoms with Crippen LogP contribution in [-0.4, -0.2) is 9.30 Å². The van der Waals surface area contributed by atoms with E-state index >= 15 is 0 Å². The predicted molar refractivity (Wildman–Crippen MR) is 71.5 cm³/mol. The lowest BCUT2D eigenvalue weighted by molar-refractivity contribution is 0.532. The second-order valence-corrected chi connectivity index (χ2v) is 8.86. The largest absolute Gasteiger partial charge is 0.598 e. The van der Waals surface area contributed by atoms with Crippen LogP contribution in [0.1, 0.15) is 38.6 Å². The van der Waals surface area contributed by atoms with Crippen molar-refractivity contribution in [3.63, 3.8) is 0 Å². The van der Waals surface area contributed by atoms with E-state index in [4.69, 9.17) is 0 Å². The molecule has 1 aromatic rings. The Balaban J connectivity index is 2.60. The van der Waals surface area contributed by atoms with Crippen LogP contribution in [0.5, 0.6) is 0 Å². The van der Waals surface area contributed by atoms with Gasteiger partial charge in [0.2, 0.25) is 0 Å². The fourth-order valence-electron chi connectivity index (χ4n) is 0.956. The number of rotatable bonds is 3. The first-order valence-electron chi connectivity index (χ1n) is 4.74. The van der Waals surface area contributed by atoms with Gasteiger partial charge in [0.05, 0.1) is 9.83 Å².